The quantitative estimate of drug-likeness (QED) is 0.142. The summed E-state index contributed by atoms with van der Waals surface area (Å²) in [6.07, 6.45) is 3.90. The van der Waals surface area contributed by atoms with Crippen LogP contribution >= 0.6 is 34.8 Å². The zero-order valence-electron chi connectivity index (χ0n) is 27.0. The molecule has 0 spiro atoms. The summed E-state index contributed by atoms with van der Waals surface area (Å²) >= 11 is 18.9. The Morgan fingerprint density at radius 3 is 2.20 bits per heavy atom. The molecule has 1 atom stereocenters. The van der Waals surface area contributed by atoms with Crippen molar-refractivity contribution in [1.29, 1.82) is 0 Å². The lowest BCUT2D eigenvalue weighted by Gasteiger charge is -2.34. The molecule has 0 heterocycles. The Hall–Kier alpha value is -3.76. The van der Waals surface area contributed by atoms with Crippen LogP contribution in [0.5, 0.6) is 5.75 Å². The molecule has 12 heteroatoms. The van der Waals surface area contributed by atoms with Crippen molar-refractivity contribution in [3.8, 4) is 5.75 Å². The smallest absolute Gasteiger partial charge is 0.264 e. The van der Waals surface area contributed by atoms with Gasteiger partial charge in [0, 0.05) is 34.1 Å². The van der Waals surface area contributed by atoms with Gasteiger partial charge in [-0.25, -0.2) is 8.42 Å². The number of carbonyl (C=O) groups is 2. The van der Waals surface area contributed by atoms with Crippen molar-refractivity contribution < 1.29 is 22.7 Å². The number of halogens is 3. The van der Waals surface area contributed by atoms with Gasteiger partial charge in [-0.3, -0.25) is 13.9 Å². The summed E-state index contributed by atoms with van der Waals surface area (Å²) in [5.41, 5.74) is 1.56. The molecule has 1 N–H and O–H groups in total. The lowest BCUT2D eigenvalue weighted by Crippen LogP contribution is -2.54. The molecule has 2 amide bonds. The van der Waals surface area contributed by atoms with E-state index in [4.69, 9.17) is 39.5 Å². The van der Waals surface area contributed by atoms with Crippen molar-refractivity contribution in [3.63, 3.8) is 0 Å². The molecule has 49 heavy (non-hydrogen) atoms. The number of anilines is 1. The summed E-state index contributed by atoms with van der Waals surface area (Å²) in [5.74, 6) is -0.657. The van der Waals surface area contributed by atoms with Crippen molar-refractivity contribution in [3.05, 3.63) is 123 Å². The second-order valence-corrected chi connectivity index (χ2v) is 15.0. The Labute approximate surface area is 303 Å². The van der Waals surface area contributed by atoms with Crippen LogP contribution in [0, 0.1) is 0 Å². The Balaban J connectivity index is 1.61. The molecule has 1 aliphatic rings. The number of sulfonamides is 1. The summed E-state index contributed by atoms with van der Waals surface area (Å²) < 4.78 is 35.6. The number of hydrogen-bond donors (Lipinski definition) is 1. The van der Waals surface area contributed by atoms with Gasteiger partial charge < -0.3 is 15.0 Å². The highest BCUT2D eigenvalue weighted by Gasteiger charge is 2.36. The van der Waals surface area contributed by atoms with Gasteiger partial charge in [0.2, 0.25) is 11.8 Å². The van der Waals surface area contributed by atoms with Crippen LogP contribution in [0.15, 0.2) is 102 Å². The Kier molecular flexibility index (Phi) is 12.5. The lowest BCUT2D eigenvalue weighted by molar-refractivity contribution is -0.140. The monoisotopic (exact) mass is 741 g/mol. The molecular weight excluding hydrogens is 705 g/mol. The first-order valence-electron chi connectivity index (χ1n) is 16.1. The minimum Gasteiger partial charge on any atom is -0.492 e. The SMILES string of the molecule is CCOc1ccccc1N(CC(=O)N(Cc1ccc(Cl)cc1Cl)[C@@H](Cc1ccccc1)C(=O)NC1CCCC1)S(=O)(=O)c1ccc(Cl)cc1. The van der Waals surface area contributed by atoms with E-state index in [0.717, 1.165) is 35.6 Å². The van der Waals surface area contributed by atoms with Crippen LogP contribution in [0.25, 0.3) is 0 Å². The van der Waals surface area contributed by atoms with Crippen LogP contribution in [-0.4, -0.2) is 50.4 Å². The third-order valence-corrected chi connectivity index (χ3v) is 11.1. The minimum atomic E-state index is -4.35. The minimum absolute atomic E-state index is 0.0123. The van der Waals surface area contributed by atoms with Crippen LogP contribution in [0.4, 0.5) is 5.69 Å². The van der Waals surface area contributed by atoms with Gasteiger partial charge in [0.25, 0.3) is 10.0 Å². The number of benzene rings is 4. The second kappa shape index (κ2) is 16.8. The van der Waals surface area contributed by atoms with Gasteiger partial charge in [0.1, 0.15) is 18.3 Å². The van der Waals surface area contributed by atoms with E-state index >= 15 is 0 Å². The van der Waals surface area contributed by atoms with Crippen molar-refractivity contribution in [1.82, 2.24) is 10.2 Å². The lowest BCUT2D eigenvalue weighted by atomic mass is 10.0. The molecule has 4 aromatic carbocycles. The van der Waals surface area contributed by atoms with Crippen molar-refractivity contribution in [2.24, 2.45) is 0 Å². The maximum Gasteiger partial charge on any atom is 0.264 e. The first-order chi connectivity index (χ1) is 23.6. The molecule has 0 radical (unpaired) electrons. The maximum absolute atomic E-state index is 14.8. The predicted molar refractivity (Wildman–Crippen MR) is 195 cm³/mol. The van der Waals surface area contributed by atoms with Crippen molar-refractivity contribution in [2.45, 2.75) is 62.6 Å². The zero-order valence-corrected chi connectivity index (χ0v) is 30.1. The molecular formula is C37H38Cl3N3O5S. The van der Waals surface area contributed by atoms with E-state index in [1.54, 1.807) is 49.4 Å². The van der Waals surface area contributed by atoms with E-state index < -0.39 is 28.5 Å². The molecule has 0 bridgehead atoms. The molecule has 1 fully saturated rings. The molecule has 0 unspecified atom stereocenters. The highest BCUT2D eigenvalue weighted by Crippen LogP contribution is 2.34. The van der Waals surface area contributed by atoms with Gasteiger partial charge in [0.15, 0.2) is 0 Å². The van der Waals surface area contributed by atoms with E-state index in [1.807, 2.05) is 30.3 Å². The van der Waals surface area contributed by atoms with Crippen molar-refractivity contribution in [2.75, 3.05) is 17.5 Å². The van der Waals surface area contributed by atoms with Crippen LogP contribution in [0.2, 0.25) is 15.1 Å². The number of carbonyl (C=O) groups excluding carboxylic acids is 2. The molecule has 1 aliphatic carbocycles. The topological polar surface area (TPSA) is 96.0 Å². The first kappa shape index (κ1) is 36.5. The summed E-state index contributed by atoms with van der Waals surface area (Å²) in [6, 6.07) is 25.7. The number of ether oxygens (including phenoxy) is 1. The zero-order chi connectivity index (χ0) is 35.0. The fourth-order valence-corrected chi connectivity index (χ4v) is 7.96. The molecule has 4 aromatic rings. The number of nitrogens with zero attached hydrogens (tertiary/aromatic N) is 2. The highest BCUT2D eigenvalue weighted by atomic mass is 35.5. The Morgan fingerprint density at radius 2 is 1.53 bits per heavy atom. The number of para-hydroxylation sites is 2. The fraction of sp³-hybridized carbons (Fsp3) is 0.297. The van der Waals surface area contributed by atoms with Gasteiger partial charge in [0.05, 0.1) is 17.2 Å². The standard InChI is InChI=1S/C37H38Cl3N3O5S/c1-2-48-35-15-9-8-14-33(35)43(49(46,47)31-20-18-28(38)19-21-31)25-36(44)42(24-27-16-17-29(39)23-32(27)40)34(22-26-10-4-3-5-11-26)37(45)41-30-12-6-7-13-30/h3-5,8-11,14-21,23,30,34H,2,6-7,12-13,22,24-25H2,1H3,(H,41,45)/t34-/m0/s1. The molecule has 1 saturated carbocycles. The summed E-state index contributed by atoms with van der Waals surface area (Å²) in [6.45, 7) is 1.34. The number of amides is 2. The summed E-state index contributed by atoms with van der Waals surface area (Å²) in [5, 5.41) is 4.25. The van der Waals surface area contributed by atoms with Gasteiger partial charge in [-0.15, -0.1) is 0 Å². The second-order valence-electron chi connectivity index (χ2n) is 11.8. The summed E-state index contributed by atoms with van der Waals surface area (Å²) in [4.78, 5) is 30.3. The molecule has 0 saturated heterocycles. The van der Waals surface area contributed by atoms with E-state index in [0.29, 0.717) is 20.6 Å². The Bertz CT molecular complexity index is 1850. The maximum atomic E-state index is 14.8. The van der Waals surface area contributed by atoms with Gasteiger partial charge >= 0.3 is 0 Å². The van der Waals surface area contributed by atoms with E-state index in [9.17, 15) is 18.0 Å². The summed E-state index contributed by atoms with van der Waals surface area (Å²) in [7, 11) is -4.35. The third-order valence-electron chi connectivity index (χ3n) is 8.44. The van der Waals surface area contributed by atoms with Crippen LogP contribution in [-0.2, 0) is 32.6 Å². The Morgan fingerprint density at radius 1 is 0.878 bits per heavy atom. The van der Waals surface area contributed by atoms with Crippen LogP contribution < -0.4 is 14.4 Å². The predicted octanol–water partition coefficient (Wildman–Crippen LogP) is 7.94. The molecule has 258 valence electrons. The number of nitrogens with one attached hydrogen (secondary N) is 1. The molecule has 8 nitrogen and oxygen atoms in total. The van der Waals surface area contributed by atoms with Gasteiger partial charge in [-0.1, -0.05) is 96.2 Å². The average Bonchev–Trinajstić information content (AvgIpc) is 3.60. The van der Waals surface area contributed by atoms with Crippen LogP contribution in [0.3, 0.4) is 0 Å². The molecule has 5 rings (SSSR count). The third kappa shape index (κ3) is 9.28. The number of rotatable bonds is 14. The van der Waals surface area contributed by atoms with Crippen LogP contribution in [0.1, 0.15) is 43.7 Å². The number of hydrogen-bond acceptors (Lipinski definition) is 5. The fourth-order valence-electron chi connectivity index (χ4n) is 5.94. The first-order valence-corrected chi connectivity index (χ1v) is 18.7. The van der Waals surface area contributed by atoms with E-state index in [2.05, 4.69) is 5.32 Å². The average molecular weight is 743 g/mol. The molecule has 0 aliphatic heterocycles. The van der Waals surface area contributed by atoms with E-state index in [-0.39, 0.29) is 47.9 Å². The normalized spacial score (nSPS) is 13.9. The largest absolute Gasteiger partial charge is 0.492 e. The van der Waals surface area contributed by atoms with Crippen molar-refractivity contribution >= 4 is 62.3 Å². The highest BCUT2D eigenvalue weighted by molar-refractivity contribution is 7.92. The van der Waals surface area contributed by atoms with Gasteiger partial charge in [-0.05, 0) is 79.4 Å². The van der Waals surface area contributed by atoms with Gasteiger partial charge in [-0.2, -0.15) is 0 Å². The van der Waals surface area contributed by atoms with E-state index in [1.165, 1.54) is 29.2 Å². The molecule has 0 aromatic heterocycles.